The van der Waals surface area contributed by atoms with Crippen LogP contribution in [0.25, 0.3) is 11.2 Å². The molecule has 0 aliphatic rings. The van der Waals surface area contributed by atoms with Crippen LogP contribution in [-0.4, -0.2) is 24.6 Å². The summed E-state index contributed by atoms with van der Waals surface area (Å²) < 4.78 is 4.01. The minimum absolute atomic E-state index is 0.185. The van der Waals surface area contributed by atoms with Crippen molar-refractivity contribution in [1.82, 2.24) is 18.7 Å². The van der Waals surface area contributed by atoms with Crippen LogP contribution in [-0.2, 0) is 25.4 Å². The maximum Gasteiger partial charge on any atom is 0.332 e. The standard InChI is InChI=1S/C18H18N6O3/c1-22-16-15(17(26)23(2)18(22)27)24(11-20-16)8-4-7-14(25)21-13-6-3-5-12(9-13)10-19/h3,5-6,9,11H,4,7-8H2,1-2H3,(H,21,25). The lowest BCUT2D eigenvalue weighted by molar-refractivity contribution is -0.116. The summed E-state index contributed by atoms with van der Waals surface area (Å²) in [5, 5.41) is 11.6. The van der Waals surface area contributed by atoms with Crippen molar-refractivity contribution in [1.29, 1.82) is 5.26 Å². The van der Waals surface area contributed by atoms with Gasteiger partial charge in [-0.15, -0.1) is 0 Å². The Hall–Kier alpha value is -3.67. The van der Waals surface area contributed by atoms with Gasteiger partial charge in [0.2, 0.25) is 5.91 Å². The van der Waals surface area contributed by atoms with Gasteiger partial charge >= 0.3 is 5.69 Å². The average molecular weight is 366 g/mol. The second kappa shape index (κ2) is 7.29. The first-order chi connectivity index (χ1) is 12.9. The van der Waals surface area contributed by atoms with Gasteiger partial charge in [-0.3, -0.25) is 18.7 Å². The predicted octanol–water partition coefficient (Wildman–Crippen LogP) is 0.724. The van der Waals surface area contributed by atoms with Crippen molar-refractivity contribution >= 4 is 22.8 Å². The zero-order chi connectivity index (χ0) is 19.6. The average Bonchev–Trinajstić information content (AvgIpc) is 3.09. The van der Waals surface area contributed by atoms with Gasteiger partial charge in [0.15, 0.2) is 11.2 Å². The van der Waals surface area contributed by atoms with Gasteiger partial charge in [0, 0.05) is 32.7 Å². The van der Waals surface area contributed by atoms with E-state index in [2.05, 4.69) is 10.3 Å². The number of carbonyl (C=O) groups excluding carboxylic acids is 1. The molecule has 0 fully saturated rings. The van der Waals surface area contributed by atoms with Crippen molar-refractivity contribution < 1.29 is 4.79 Å². The number of amides is 1. The van der Waals surface area contributed by atoms with E-state index in [4.69, 9.17) is 5.26 Å². The molecule has 9 heteroatoms. The molecule has 0 saturated heterocycles. The van der Waals surface area contributed by atoms with E-state index in [1.54, 1.807) is 35.9 Å². The Kier molecular flexibility index (Phi) is 4.90. The lowest BCUT2D eigenvalue weighted by Crippen LogP contribution is -2.37. The quantitative estimate of drug-likeness (QED) is 0.715. The molecule has 0 saturated carbocycles. The summed E-state index contributed by atoms with van der Waals surface area (Å²) in [6, 6.07) is 8.70. The normalized spacial score (nSPS) is 10.7. The number of nitrogens with one attached hydrogen (secondary N) is 1. The smallest absolute Gasteiger partial charge is 0.326 e. The number of benzene rings is 1. The number of anilines is 1. The second-order valence-electron chi connectivity index (χ2n) is 6.16. The number of fused-ring (bicyclic) bond motifs is 1. The number of hydrogen-bond acceptors (Lipinski definition) is 5. The molecule has 9 nitrogen and oxygen atoms in total. The van der Waals surface area contributed by atoms with Crippen LogP contribution in [0.1, 0.15) is 18.4 Å². The molecule has 0 atom stereocenters. The first-order valence-electron chi connectivity index (χ1n) is 8.33. The van der Waals surface area contributed by atoms with Crippen molar-refractivity contribution in [3.8, 4) is 6.07 Å². The third-order valence-corrected chi connectivity index (χ3v) is 4.30. The van der Waals surface area contributed by atoms with Crippen LogP contribution in [0.3, 0.4) is 0 Å². The molecule has 27 heavy (non-hydrogen) atoms. The Morgan fingerprint density at radius 2 is 2.04 bits per heavy atom. The van der Waals surface area contributed by atoms with Crippen molar-refractivity contribution in [2.75, 3.05) is 5.32 Å². The molecule has 3 rings (SSSR count). The molecule has 0 aliphatic heterocycles. The molecule has 1 N–H and O–H groups in total. The Labute approximate surface area is 154 Å². The lowest BCUT2D eigenvalue weighted by Gasteiger charge is -2.07. The van der Waals surface area contributed by atoms with Crippen molar-refractivity contribution in [3.05, 3.63) is 57.0 Å². The van der Waals surface area contributed by atoms with Crippen molar-refractivity contribution in [2.45, 2.75) is 19.4 Å². The molecule has 0 radical (unpaired) electrons. The number of aryl methyl sites for hydroxylation is 2. The summed E-state index contributed by atoms with van der Waals surface area (Å²) in [5.41, 5.74) is 0.845. The third-order valence-electron chi connectivity index (χ3n) is 4.30. The number of hydrogen-bond donors (Lipinski definition) is 1. The molecule has 3 aromatic rings. The largest absolute Gasteiger partial charge is 0.332 e. The van der Waals surface area contributed by atoms with Crippen LogP contribution in [0.2, 0.25) is 0 Å². The molecule has 0 bridgehead atoms. The fraction of sp³-hybridized carbons (Fsp3) is 0.278. The highest BCUT2D eigenvalue weighted by Crippen LogP contribution is 2.11. The fourth-order valence-corrected chi connectivity index (χ4v) is 2.87. The summed E-state index contributed by atoms with van der Waals surface area (Å²) in [4.78, 5) is 40.5. The van der Waals surface area contributed by atoms with Crippen molar-refractivity contribution in [2.24, 2.45) is 14.1 Å². The van der Waals surface area contributed by atoms with E-state index in [0.717, 1.165) is 4.57 Å². The molecular formula is C18H18N6O3. The number of carbonyl (C=O) groups is 1. The topological polar surface area (TPSA) is 115 Å². The van der Waals surface area contributed by atoms with Crippen molar-refractivity contribution in [3.63, 3.8) is 0 Å². The monoisotopic (exact) mass is 366 g/mol. The summed E-state index contributed by atoms with van der Waals surface area (Å²) in [7, 11) is 2.98. The molecule has 1 aromatic carbocycles. The third kappa shape index (κ3) is 3.50. The predicted molar refractivity (Wildman–Crippen MR) is 99.2 cm³/mol. The number of aromatic nitrogens is 4. The van der Waals surface area contributed by atoms with Crippen LogP contribution in [0.4, 0.5) is 5.69 Å². The molecule has 0 aliphatic carbocycles. The van der Waals surface area contributed by atoms with Crippen LogP contribution in [0.5, 0.6) is 0 Å². The van der Waals surface area contributed by atoms with Gasteiger partial charge in [-0.05, 0) is 24.6 Å². The Balaban J connectivity index is 1.69. The van der Waals surface area contributed by atoms with Gasteiger partial charge in [-0.25, -0.2) is 9.78 Å². The molecular weight excluding hydrogens is 348 g/mol. The van der Waals surface area contributed by atoms with Crippen LogP contribution < -0.4 is 16.6 Å². The fourth-order valence-electron chi connectivity index (χ4n) is 2.87. The first kappa shape index (κ1) is 18.1. The molecule has 0 spiro atoms. The summed E-state index contributed by atoms with van der Waals surface area (Å²) in [6.07, 6.45) is 2.23. The molecule has 0 unspecified atom stereocenters. The molecule has 138 valence electrons. The summed E-state index contributed by atoms with van der Waals surface area (Å²) >= 11 is 0. The minimum atomic E-state index is -0.434. The van der Waals surface area contributed by atoms with Crippen LogP contribution in [0, 0.1) is 11.3 Å². The summed E-state index contributed by atoms with van der Waals surface area (Å²) in [6.45, 7) is 0.412. The highest BCUT2D eigenvalue weighted by atomic mass is 16.2. The van der Waals surface area contributed by atoms with E-state index >= 15 is 0 Å². The highest BCUT2D eigenvalue weighted by Gasteiger charge is 2.14. The second-order valence-corrected chi connectivity index (χ2v) is 6.16. The maximum atomic E-state index is 12.4. The van der Waals surface area contributed by atoms with Crippen LogP contribution >= 0.6 is 0 Å². The van der Waals surface area contributed by atoms with Gasteiger partial charge < -0.3 is 9.88 Å². The lowest BCUT2D eigenvalue weighted by atomic mass is 10.2. The Bertz CT molecular complexity index is 1180. The highest BCUT2D eigenvalue weighted by molar-refractivity contribution is 5.90. The summed E-state index contributed by atoms with van der Waals surface area (Å²) in [5.74, 6) is -0.185. The van der Waals surface area contributed by atoms with Gasteiger partial charge in [0.05, 0.1) is 18.0 Å². The zero-order valence-corrected chi connectivity index (χ0v) is 15.0. The van der Waals surface area contributed by atoms with E-state index in [1.807, 2.05) is 6.07 Å². The van der Waals surface area contributed by atoms with Gasteiger partial charge in [-0.2, -0.15) is 5.26 Å². The van der Waals surface area contributed by atoms with Gasteiger partial charge in [-0.1, -0.05) is 6.07 Å². The van der Waals surface area contributed by atoms with E-state index in [0.29, 0.717) is 35.4 Å². The van der Waals surface area contributed by atoms with Crippen LogP contribution in [0.15, 0.2) is 40.2 Å². The minimum Gasteiger partial charge on any atom is -0.326 e. The van der Waals surface area contributed by atoms with Gasteiger partial charge in [0.1, 0.15) is 0 Å². The maximum absolute atomic E-state index is 12.4. The Morgan fingerprint density at radius 1 is 1.26 bits per heavy atom. The first-order valence-corrected chi connectivity index (χ1v) is 8.33. The molecule has 2 aromatic heterocycles. The molecule has 1 amide bonds. The number of nitrogens with zero attached hydrogens (tertiary/aromatic N) is 5. The number of nitriles is 1. The van der Waals surface area contributed by atoms with E-state index < -0.39 is 11.2 Å². The SMILES string of the molecule is Cn1c(=O)c2c(ncn2CCCC(=O)Nc2cccc(C#N)c2)n(C)c1=O. The van der Waals surface area contributed by atoms with E-state index in [9.17, 15) is 14.4 Å². The van der Waals surface area contributed by atoms with E-state index in [-0.39, 0.29) is 12.3 Å². The Morgan fingerprint density at radius 3 is 2.78 bits per heavy atom. The molecule has 2 heterocycles. The van der Waals surface area contributed by atoms with Gasteiger partial charge in [0.25, 0.3) is 5.56 Å². The number of rotatable bonds is 5. The van der Waals surface area contributed by atoms with E-state index in [1.165, 1.54) is 17.9 Å². The zero-order valence-electron chi connectivity index (χ0n) is 15.0. The number of imidazole rings is 1.